The highest BCUT2D eigenvalue weighted by Gasteiger charge is 2.55. The third-order valence-corrected chi connectivity index (χ3v) is 9.21. The number of hydrogen-bond acceptors (Lipinski definition) is 5. The number of benzene rings is 1. The van der Waals surface area contributed by atoms with E-state index in [9.17, 15) is 26.3 Å². The van der Waals surface area contributed by atoms with E-state index < -0.39 is 24.0 Å². The highest BCUT2D eigenvalue weighted by Crippen LogP contribution is 2.57. The number of nitrogens with zero attached hydrogens (tertiary/aromatic N) is 6. The molecule has 1 aromatic carbocycles. The average Bonchev–Trinajstić information content (AvgIpc) is 3.11. The van der Waals surface area contributed by atoms with Gasteiger partial charge in [-0.3, -0.25) is 9.47 Å². The van der Waals surface area contributed by atoms with Crippen molar-refractivity contribution in [3.8, 4) is 5.69 Å². The molecule has 3 aromatic rings. The average molecular weight is 583 g/mol. The Balaban J connectivity index is 1.09. The lowest BCUT2D eigenvalue weighted by atomic mass is 9.57. The van der Waals surface area contributed by atoms with E-state index in [2.05, 4.69) is 15.2 Å². The molecule has 1 spiro atoms. The molecule has 0 N–H and O–H groups in total. The molecule has 3 fully saturated rings. The smallest absolute Gasteiger partial charge is 0.355 e. The van der Waals surface area contributed by atoms with Crippen LogP contribution in [0.25, 0.3) is 5.69 Å². The summed E-state index contributed by atoms with van der Waals surface area (Å²) in [6.07, 6.45) is -6.87. The molecule has 2 aliphatic heterocycles. The fraction of sp³-hybridized carbons (Fsp3) is 0.519. The number of hydrogen-bond donors (Lipinski definition) is 0. The van der Waals surface area contributed by atoms with Crippen molar-refractivity contribution in [3.63, 3.8) is 0 Å². The number of rotatable bonds is 3. The first-order chi connectivity index (χ1) is 18.9. The second-order valence-electron chi connectivity index (χ2n) is 11.7. The number of pyridine rings is 1. The fourth-order valence-electron chi connectivity index (χ4n) is 6.84. The van der Waals surface area contributed by atoms with Gasteiger partial charge in [-0.2, -0.15) is 26.3 Å². The van der Waals surface area contributed by atoms with E-state index in [4.69, 9.17) is 11.6 Å². The van der Waals surface area contributed by atoms with Crippen LogP contribution in [0.4, 0.5) is 32.2 Å². The van der Waals surface area contributed by atoms with E-state index in [0.717, 1.165) is 36.0 Å². The molecule has 0 bridgehead atoms. The van der Waals surface area contributed by atoms with Gasteiger partial charge in [-0.05, 0) is 61.6 Å². The maximum absolute atomic E-state index is 13.2. The quantitative estimate of drug-likeness (QED) is 0.336. The molecule has 212 valence electrons. The fourth-order valence-corrected chi connectivity index (χ4v) is 7.03. The Morgan fingerprint density at radius 2 is 1.68 bits per heavy atom. The summed E-state index contributed by atoms with van der Waals surface area (Å²) in [4.78, 5) is 7.72. The molecule has 4 heterocycles. The first-order valence-corrected chi connectivity index (χ1v) is 13.6. The number of anilines is 1. The van der Waals surface area contributed by atoms with Crippen LogP contribution in [0.15, 0.2) is 36.4 Å². The highest BCUT2D eigenvalue weighted by atomic mass is 35.5. The van der Waals surface area contributed by atoms with Crippen molar-refractivity contribution >= 4 is 17.4 Å². The maximum Gasteiger partial charge on any atom is 0.433 e. The highest BCUT2D eigenvalue weighted by molar-refractivity contribution is 6.30. The zero-order chi connectivity index (χ0) is 28.0. The Hall–Kier alpha value is -2.86. The molecular weight excluding hydrogens is 558 g/mol. The Kier molecular flexibility index (Phi) is 5.75. The van der Waals surface area contributed by atoms with E-state index in [1.165, 1.54) is 6.07 Å². The Morgan fingerprint density at radius 1 is 0.925 bits per heavy atom. The molecule has 2 aliphatic carbocycles. The van der Waals surface area contributed by atoms with Gasteiger partial charge in [0.05, 0.1) is 18.2 Å². The lowest BCUT2D eigenvalue weighted by Crippen LogP contribution is -2.62. The molecule has 1 saturated heterocycles. The number of halogens is 7. The van der Waals surface area contributed by atoms with Crippen LogP contribution in [0.5, 0.6) is 0 Å². The summed E-state index contributed by atoms with van der Waals surface area (Å²) in [6.45, 7) is 2.12. The van der Waals surface area contributed by atoms with Crippen molar-refractivity contribution in [2.45, 2.75) is 63.1 Å². The second-order valence-corrected chi connectivity index (χ2v) is 12.1. The third kappa shape index (κ3) is 4.34. The molecule has 0 amide bonds. The standard InChI is InChI=1S/C27H25ClF6N6/c28-18-4-5-20-15(6-18)11-38(19-7-17(8-19)26(29,30)31)12-23-36-37-24(40(20)23)16-9-25(10-16)13-39(14-25)22-3-1-2-21(35-22)27(32,33)34/h1-6,16-17,19H,7-14H2. The van der Waals surface area contributed by atoms with Gasteiger partial charge in [-0.15, -0.1) is 10.2 Å². The lowest BCUT2D eigenvalue weighted by molar-refractivity contribution is -0.207. The molecule has 40 heavy (non-hydrogen) atoms. The molecule has 6 nitrogen and oxygen atoms in total. The molecule has 13 heteroatoms. The van der Waals surface area contributed by atoms with Crippen LogP contribution in [0, 0.1) is 11.3 Å². The summed E-state index contributed by atoms with van der Waals surface area (Å²) in [5.41, 5.74) is 0.901. The van der Waals surface area contributed by atoms with Crippen molar-refractivity contribution in [2.75, 3.05) is 18.0 Å². The molecule has 2 saturated carbocycles. The molecule has 0 unspecified atom stereocenters. The zero-order valence-corrected chi connectivity index (χ0v) is 21.9. The van der Waals surface area contributed by atoms with Crippen LogP contribution in [-0.4, -0.2) is 50.0 Å². The normalized spacial score (nSPS) is 24.5. The Labute approximate surface area is 230 Å². The predicted molar refractivity (Wildman–Crippen MR) is 134 cm³/mol. The van der Waals surface area contributed by atoms with E-state index >= 15 is 0 Å². The van der Waals surface area contributed by atoms with Crippen LogP contribution in [0.1, 0.15) is 54.5 Å². The Morgan fingerprint density at radius 3 is 2.38 bits per heavy atom. The van der Waals surface area contributed by atoms with Gasteiger partial charge in [0.2, 0.25) is 0 Å². The van der Waals surface area contributed by atoms with Crippen LogP contribution in [0.2, 0.25) is 5.02 Å². The zero-order valence-electron chi connectivity index (χ0n) is 21.2. The lowest BCUT2D eigenvalue weighted by Gasteiger charge is -2.59. The van der Waals surface area contributed by atoms with Gasteiger partial charge < -0.3 is 4.90 Å². The van der Waals surface area contributed by atoms with Gasteiger partial charge in [0, 0.05) is 42.0 Å². The van der Waals surface area contributed by atoms with Crippen LogP contribution in [0.3, 0.4) is 0 Å². The molecule has 0 radical (unpaired) electrons. The summed E-state index contributed by atoms with van der Waals surface area (Å²) in [6, 6.07) is 9.32. The summed E-state index contributed by atoms with van der Waals surface area (Å²) in [7, 11) is 0. The summed E-state index contributed by atoms with van der Waals surface area (Å²) < 4.78 is 80.8. The molecule has 2 aromatic heterocycles. The van der Waals surface area contributed by atoms with Gasteiger partial charge >= 0.3 is 12.4 Å². The SMILES string of the molecule is FC(F)(F)c1cccc(N2CC3(CC(c4nnc5n4-c4ccc(Cl)cc4CN(C4CC(C(F)(F)F)C4)C5)C3)C2)n1. The van der Waals surface area contributed by atoms with Crippen molar-refractivity contribution in [2.24, 2.45) is 11.3 Å². The van der Waals surface area contributed by atoms with Crippen molar-refractivity contribution < 1.29 is 26.3 Å². The number of aromatic nitrogens is 4. The molecular formula is C27H25ClF6N6. The first kappa shape index (κ1) is 26.1. The minimum absolute atomic E-state index is 0.00882. The first-order valence-electron chi connectivity index (χ1n) is 13.2. The number of fused-ring (bicyclic) bond motifs is 3. The summed E-state index contributed by atoms with van der Waals surface area (Å²) >= 11 is 6.31. The van der Waals surface area contributed by atoms with Crippen LogP contribution < -0.4 is 4.90 Å². The molecule has 7 rings (SSSR count). The van der Waals surface area contributed by atoms with Crippen molar-refractivity contribution in [3.05, 3.63) is 64.3 Å². The van der Waals surface area contributed by atoms with Crippen molar-refractivity contribution in [1.29, 1.82) is 0 Å². The van der Waals surface area contributed by atoms with E-state index in [-0.39, 0.29) is 30.2 Å². The van der Waals surface area contributed by atoms with Crippen LogP contribution >= 0.6 is 11.6 Å². The van der Waals surface area contributed by atoms with Gasteiger partial charge in [0.15, 0.2) is 5.82 Å². The summed E-state index contributed by atoms with van der Waals surface area (Å²) in [5, 5.41) is 9.57. The minimum atomic E-state index is -4.49. The molecule has 0 atom stereocenters. The van der Waals surface area contributed by atoms with Crippen molar-refractivity contribution in [1.82, 2.24) is 24.6 Å². The third-order valence-electron chi connectivity index (χ3n) is 8.97. The topological polar surface area (TPSA) is 50.1 Å². The van der Waals surface area contributed by atoms with Crippen LogP contribution in [-0.2, 0) is 19.3 Å². The van der Waals surface area contributed by atoms with E-state index in [1.807, 2.05) is 26.5 Å². The largest absolute Gasteiger partial charge is 0.433 e. The monoisotopic (exact) mass is 582 g/mol. The summed E-state index contributed by atoms with van der Waals surface area (Å²) in [5.74, 6) is 0.674. The van der Waals surface area contributed by atoms with Gasteiger partial charge in [-0.25, -0.2) is 4.98 Å². The van der Waals surface area contributed by atoms with E-state index in [0.29, 0.717) is 42.8 Å². The van der Waals surface area contributed by atoms with Gasteiger partial charge in [0.25, 0.3) is 0 Å². The van der Waals surface area contributed by atoms with Gasteiger partial charge in [-0.1, -0.05) is 17.7 Å². The second kappa shape index (κ2) is 8.82. The molecule has 4 aliphatic rings. The Bertz CT molecular complexity index is 1450. The van der Waals surface area contributed by atoms with E-state index in [1.54, 1.807) is 12.1 Å². The minimum Gasteiger partial charge on any atom is -0.355 e. The van der Waals surface area contributed by atoms with Gasteiger partial charge in [0.1, 0.15) is 17.3 Å². The number of alkyl halides is 6. The maximum atomic E-state index is 13.2. The predicted octanol–water partition coefficient (Wildman–Crippen LogP) is 6.38.